The quantitative estimate of drug-likeness (QED) is 0.696. The van der Waals surface area contributed by atoms with Gasteiger partial charge in [-0.3, -0.25) is 0 Å². The van der Waals surface area contributed by atoms with Crippen LogP contribution in [0.15, 0.2) is 40.9 Å². The van der Waals surface area contributed by atoms with E-state index in [9.17, 15) is 8.78 Å². The molecule has 0 fully saturated rings. The fourth-order valence-electron chi connectivity index (χ4n) is 1.38. The number of hydrogen-bond acceptors (Lipinski definition) is 1. The van der Waals surface area contributed by atoms with Crippen LogP contribution < -0.4 is 4.74 Å². The van der Waals surface area contributed by atoms with Crippen LogP contribution in [0.2, 0.25) is 0 Å². The Morgan fingerprint density at radius 1 is 1.06 bits per heavy atom. The second kappa shape index (κ2) is 5.67. The molecule has 0 unspecified atom stereocenters. The molecule has 0 aliphatic carbocycles. The lowest BCUT2D eigenvalue weighted by Gasteiger charge is -2.08. The van der Waals surface area contributed by atoms with E-state index in [0.29, 0.717) is 10.0 Å². The summed E-state index contributed by atoms with van der Waals surface area (Å²) in [6.45, 7) is 0. The standard InChI is InChI=1S/C13H8BrClF2O/c14-10-3-2-9(6-11(10)16)18-13-4-1-8(7-15)5-12(13)17/h1-6H,7H2. The third-order valence-electron chi connectivity index (χ3n) is 2.27. The van der Waals surface area contributed by atoms with Crippen molar-refractivity contribution in [2.24, 2.45) is 0 Å². The molecule has 2 aromatic carbocycles. The molecule has 5 heteroatoms. The highest BCUT2D eigenvalue weighted by atomic mass is 79.9. The maximum absolute atomic E-state index is 13.6. The van der Waals surface area contributed by atoms with Crippen LogP contribution in [0.25, 0.3) is 0 Å². The normalized spacial score (nSPS) is 10.4. The highest BCUT2D eigenvalue weighted by Gasteiger charge is 2.07. The summed E-state index contributed by atoms with van der Waals surface area (Å²) in [6, 6.07) is 8.63. The third-order valence-corrected chi connectivity index (χ3v) is 3.22. The van der Waals surface area contributed by atoms with Crippen molar-refractivity contribution in [1.82, 2.24) is 0 Å². The zero-order valence-electron chi connectivity index (χ0n) is 9.09. The zero-order chi connectivity index (χ0) is 13.1. The molecule has 0 amide bonds. The van der Waals surface area contributed by atoms with Gasteiger partial charge in [-0.1, -0.05) is 6.07 Å². The molecule has 1 nitrogen and oxygen atoms in total. The highest BCUT2D eigenvalue weighted by molar-refractivity contribution is 9.10. The van der Waals surface area contributed by atoms with Gasteiger partial charge in [-0.05, 0) is 45.8 Å². The Kier molecular flexibility index (Phi) is 4.19. The minimum absolute atomic E-state index is 0.0330. The van der Waals surface area contributed by atoms with Gasteiger partial charge in [-0.25, -0.2) is 8.78 Å². The summed E-state index contributed by atoms with van der Waals surface area (Å²) in [5.74, 6) is -0.509. The number of ether oxygens (including phenoxy) is 1. The van der Waals surface area contributed by atoms with Crippen molar-refractivity contribution in [2.45, 2.75) is 5.88 Å². The molecule has 0 heterocycles. The summed E-state index contributed by atoms with van der Waals surface area (Å²) in [4.78, 5) is 0. The van der Waals surface area contributed by atoms with Crippen molar-refractivity contribution in [3.8, 4) is 11.5 Å². The molecule has 94 valence electrons. The lowest BCUT2D eigenvalue weighted by atomic mass is 10.2. The van der Waals surface area contributed by atoms with Crippen LogP contribution >= 0.6 is 27.5 Å². The fourth-order valence-corrected chi connectivity index (χ4v) is 1.79. The largest absolute Gasteiger partial charge is 0.454 e. The van der Waals surface area contributed by atoms with Gasteiger partial charge in [-0.15, -0.1) is 11.6 Å². The van der Waals surface area contributed by atoms with E-state index in [0.717, 1.165) is 0 Å². The summed E-state index contributed by atoms with van der Waals surface area (Å²) in [5, 5.41) is 0. The van der Waals surface area contributed by atoms with Gasteiger partial charge in [0.25, 0.3) is 0 Å². The minimum Gasteiger partial charge on any atom is -0.454 e. The van der Waals surface area contributed by atoms with Crippen LogP contribution in [0.5, 0.6) is 11.5 Å². The van der Waals surface area contributed by atoms with E-state index in [1.165, 1.54) is 24.3 Å². The summed E-state index contributed by atoms with van der Waals surface area (Å²) >= 11 is 8.62. The first-order valence-electron chi connectivity index (χ1n) is 5.07. The van der Waals surface area contributed by atoms with Gasteiger partial charge >= 0.3 is 0 Å². The molecule has 0 N–H and O–H groups in total. The first-order chi connectivity index (χ1) is 8.60. The molecule has 0 radical (unpaired) electrons. The second-order valence-corrected chi connectivity index (χ2v) is 4.70. The van der Waals surface area contributed by atoms with Crippen LogP contribution in [-0.2, 0) is 5.88 Å². The molecule has 0 aromatic heterocycles. The van der Waals surface area contributed by atoms with Crippen molar-refractivity contribution in [1.29, 1.82) is 0 Å². The molecular formula is C13H8BrClF2O. The Bertz CT molecular complexity index is 575. The lowest BCUT2D eigenvalue weighted by molar-refractivity contribution is 0.438. The van der Waals surface area contributed by atoms with Crippen molar-refractivity contribution in [3.05, 3.63) is 58.1 Å². The second-order valence-electron chi connectivity index (χ2n) is 3.58. The molecule has 0 aliphatic heterocycles. The molecule has 0 bridgehead atoms. The first kappa shape index (κ1) is 13.3. The summed E-state index contributed by atoms with van der Waals surface area (Å²) < 4.78 is 32.5. The van der Waals surface area contributed by atoms with Crippen molar-refractivity contribution >= 4 is 27.5 Å². The van der Waals surface area contributed by atoms with Gasteiger partial charge in [0.1, 0.15) is 11.6 Å². The summed E-state index contributed by atoms with van der Waals surface area (Å²) in [7, 11) is 0. The predicted molar refractivity (Wildman–Crippen MR) is 70.1 cm³/mol. The van der Waals surface area contributed by atoms with Gasteiger partial charge in [0, 0.05) is 11.9 Å². The van der Waals surface area contributed by atoms with E-state index in [1.807, 2.05) is 0 Å². The van der Waals surface area contributed by atoms with E-state index in [-0.39, 0.29) is 17.4 Å². The Balaban J connectivity index is 2.25. The summed E-state index contributed by atoms with van der Waals surface area (Å²) in [5.41, 5.74) is 0.656. The Morgan fingerprint density at radius 3 is 2.44 bits per heavy atom. The average molecular weight is 334 g/mol. The van der Waals surface area contributed by atoms with Gasteiger partial charge in [0.05, 0.1) is 4.47 Å². The Hall–Kier alpha value is -1.13. The molecule has 2 rings (SSSR count). The number of hydrogen-bond donors (Lipinski definition) is 0. The van der Waals surface area contributed by atoms with E-state index >= 15 is 0 Å². The zero-order valence-corrected chi connectivity index (χ0v) is 11.4. The van der Waals surface area contributed by atoms with Crippen LogP contribution in [0.4, 0.5) is 8.78 Å². The smallest absolute Gasteiger partial charge is 0.166 e. The third kappa shape index (κ3) is 3.00. The minimum atomic E-state index is -0.531. The van der Waals surface area contributed by atoms with Gasteiger partial charge in [0.15, 0.2) is 11.6 Å². The molecule has 0 spiro atoms. The Morgan fingerprint density at radius 2 is 1.83 bits per heavy atom. The number of alkyl halides is 1. The molecule has 0 atom stereocenters. The van der Waals surface area contributed by atoms with Crippen LogP contribution in [0.1, 0.15) is 5.56 Å². The van der Waals surface area contributed by atoms with Gasteiger partial charge in [-0.2, -0.15) is 0 Å². The van der Waals surface area contributed by atoms with Crippen LogP contribution in [0, 0.1) is 11.6 Å². The SMILES string of the molecule is Fc1cc(Oc2ccc(CCl)cc2F)ccc1Br. The molecule has 18 heavy (non-hydrogen) atoms. The van der Waals surface area contributed by atoms with E-state index in [2.05, 4.69) is 15.9 Å². The Labute approximate surface area is 116 Å². The maximum Gasteiger partial charge on any atom is 0.166 e. The first-order valence-corrected chi connectivity index (χ1v) is 6.40. The molecule has 0 saturated heterocycles. The van der Waals surface area contributed by atoms with Gasteiger partial charge in [0.2, 0.25) is 0 Å². The number of benzene rings is 2. The monoisotopic (exact) mass is 332 g/mol. The maximum atomic E-state index is 13.6. The van der Waals surface area contributed by atoms with E-state index in [1.54, 1.807) is 12.1 Å². The summed E-state index contributed by atoms with van der Waals surface area (Å²) in [6.07, 6.45) is 0. The topological polar surface area (TPSA) is 9.23 Å². The van der Waals surface area contributed by atoms with Gasteiger partial charge < -0.3 is 4.74 Å². The molecular weight excluding hydrogens is 325 g/mol. The van der Waals surface area contributed by atoms with E-state index in [4.69, 9.17) is 16.3 Å². The molecule has 2 aromatic rings. The predicted octanol–water partition coefficient (Wildman–Crippen LogP) is 5.26. The lowest BCUT2D eigenvalue weighted by Crippen LogP contribution is -1.91. The molecule has 0 saturated carbocycles. The van der Waals surface area contributed by atoms with Crippen LogP contribution in [0.3, 0.4) is 0 Å². The fraction of sp³-hybridized carbons (Fsp3) is 0.0769. The van der Waals surface area contributed by atoms with Crippen molar-refractivity contribution in [3.63, 3.8) is 0 Å². The molecule has 0 aliphatic rings. The van der Waals surface area contributed by atoms with Crippen molar-refractivity contribution < 1.29 is 13.5 Å². The van der Waals surface area contributed by atoms with Crippen molar-refractivity contribution in [2.75, 3.05) is 0 Å². The number of halogens is 4. The van der Waals surface area contributed by atoms with Crippen LogP contribution in [-0.4, -0.2) is 0 Å². The highest BCUT2D eigenvalue weighted by Crippen LogP contribution is 2.28. The van der Waals surface area contributed by atoms with E-state index < -0.39 is 11.6 Å². The number of rotatable bonds is 3. The average Bonchev–Trinajstić information content (AvgIpc) is 2.36.